The highest BCUT2D eigenvalue weighted by atomic mass is 19.3. The molecule has 2 aromatic rings. The van der Waals surface area contributed by atoms with Crippen LogP contribution in [-0.2, 0) is 31.2 Å². The van der Waals surface area contributed by atoms with E-state index in [-0.39, 0.29) is 11.5 Å². The Kier molecular flexibility index (Phi) is 4.17. The number of aromatic nitrogens is 2. The number of carbonyl (C=O) groups is 1. The highest BCUT2D eigenvalue weighted by molar-refractivity contribution is 5.75. The summed E-state index contributed by atoms with van der Waals surface area (Å²) in [5.41, 5.74) is 4.07. The third-order valence-electron chi connectivity index (χ3n) is 5.40. The second-order valence-corrected chi connectivity index (χ2v) is 7.01. The Morgan fingerprint density at radius 3 is 2.77 bits per heavy atom. The maximum atomic E-state index is 13.2. The van der Waals surface area contributed by atoms with Crippen molar-refractivity contribution in [3.05, 3.63) is 40.6 Å². The molecule has 0 atom stereocenters. The molecule has 1 aromatic carbocycles. The number of benzene rings is 1. The first kappa shape index (κ1) is 17.0. The molecule has 0 aliphatic carbocycles. The summed E-state index contributed by atoms with van der Waals surface area (Å²) in [5.74, 6) is 0.838. The van der Waals surface area contributed by atoms with E-state index in [0.29, 0.717) is 13.1 Å². The predicted molar refractivity (Wildman–Crippen MR) is 94.7 cm³/mol. The molecule has 4 rings (SSSR count). The molecule has 138 valence electrons. The van der Waals surface area contributed by atoms with Gasteiger partial charge in [0.2, 0.25) is 5.91 Å². The summed E-state index contributed by atoms with van der Waals surface area (Å²) >= 11 is 0. The van der Waals surface area contributed by atoms with Gasteiger partial charge in [-0.05, 0) is 24.5 Å². The average Bonchev–Trinajstić information content (AvgIpc) is 2.96. The van der Waals surface area contributed by atoms with E-state index >= 15 is 0 Å². The molecule has 0 spiro atoms. The number of hydrogen-bond acceptors (Lipinski definition) is 3. The average molecular weight is 360 g/mol. The van der Waals surface area contributed by atoms with E-state index in [4.69, 9.17) is 5.10 Å². The lowest BCUT2D eigenvalue weighted by molar-refractivity contribution is -0.129. The Balaban J connectivity index is 1.79. The van der Waals surface area contributed by atoms with Gasteiger partial charge in [0, 0.05) is 56.0 Å². The lowest BCUT2D eigenvalue weighted by atomic mass is 9.98. The number of aryl methyl sites for hydroxylation is 2. The number of anilines is 2. The maximum Gasteiger partial charge on any atom is 0.263 e. The first-order valence-electron chi connectivity index (χ1n) is 8.94. The summed E-state index contributed by atoms with van der Waals surface area (Å²) in [4.78, 5) is 15.7. The van der Waals surface area contributed by atoms with Crippen LogP contribution in [0.15, 0.2) is 18.2 Å². The molecule has 0 unspecified atom stereocenters. The topological polar surface area (TPSA) is 41.4 Å². The van der Waals surface area contributed by atoms with Crippen LogP contribution in [0.5, 0.6) is 0 Å². The number of carbonyl (C=O) groups excluding carboxylic acids is 1. The summed E-state index contributed by atoms with van der Waals surface area (Å²) in [6.45, 7) is 3.52. The zero-order valence-corrected chi connectivity index (χ0v) is 15.0. The molecule has 1 amide bonds. The van der Waals surface area contributed by atoms with Crippen molar-refractivity contribution in [2.24, 2.45) is 7.05 Å². The first-order chi connectivity index (χ1) is 12.5. The predicted octanol–water partition coefficient (Wildman–Crippen LogP) is 3.35. The fourth-order valence-electron chi connectivity index (χ4n) is 4.01. The molecular formula is C19H22F2N4O. The molecule has 26 heavy (non-hydrogen) atoms. The van der Waals surface area contributed by atoms with Crippen molar-refractivity contribution in [3.8, 4) is 0 Å². The van der Waals surface area contributed by atoms with Gasteiger partial charge in [-0.2, -0.15) is 5.10 Å². The second kappa shape index (κ2) is 6.37. The first-order valence-corrected chi connectivity index (χ1v) is 8.94. The van der Waals surface area contributed by atoms with E-state index < -0.39 is 6.43 Å². The summed E-state index contributed by atoms with van der Waals surface area (Å²) in [7, 11) is 1.91. The maximum absolute atomic E-state index is 13.2. The summed E-state index contributed by atoms with van der Waals surface area (Å²) in [6, 6.07) is 4.91. The summed E-state index contributed by atoms with van der Waals surface area (Å²) in [6.07, 6.45) is 0.0954. The van der Waals surface area contributed by atoms with Crippen molar-refractivity contribution < 1.29 is 13.6 Å². The fourth-order valence-corrected chi connectivity index (χ4v) is 4.01. The normalized spacial score (nSPS) is 16.7. The minimum atomic E-state index is -2.49. The van der Waals surface area contributed by atoms with Crippen LogP contribution in [0.1, 0.15) is 42.2 Å². The molecule has 0 saturated heterocycles. The Morgan fingerprint density at radius 1 is 1.23 bits per heavy atom. The zero-order valence-electron chi connectivity index (χ0n) is 15.0. The Labute approximate surface area is 151 Å². The van der Waals surface area contributed by atoms with Crippen LogP contribution in [0, 0.1) is 0 Å². The van der Waals surface area contributed by atoms with Crippen molar-refractivity contribution in [1.29, 1.82) is 0 Å². The lowest BCUT2D eigenvalue weighted by Gasteiger charge is -2.32. The van der Waals surface area contributed by atoms with Crippen molar-refractivity contribution in [3.63, 3.8) is 0 Å². The van der Waals surface area contributed by atoms with Gasteiger partial charge in [0.15, 0.2) is 5.82 Å². The SMILES string of the molecule is CC(=O)N1CCc2c(c(N3CCCc4ccc(C(F)F)cc43)nn2C)C1. The number of halogens is 2. The van der Waals surface area contributed by atoms with Crippen molar-refractivity contribution in [2.45, 2.75) is 39.2 Å². The van der Waals surface area contributed by atoms with Crippen LogP contribution < -0.4 is 4.90 Å². The molecule has 1 aromatic heterocycles. The van der Waals surface area contributed by atoms with Crippen LogP contribution in [-0.4, -0.2) is 33.7 Å². The van der Waals surface area contributed by atoms with Crippen molar-refractivity contribution in [1.82, 2.24) is 14.7 Å². The van der Waals surface area contributed by atoms with Gasteiger partial charge in [-0.3, -0.25) is 9.48 Å². The molecule has 5 nitrogen and oxygen atoms in total. The van der Waals surface area contributed by atoms with Crippen molar-refractivity contribution >= 4 is 17.4 Å². The molecule has 0 N–H and O–H groups in total. The molecular weight excluding hydrogens is 338 g/mol. The number of nitrogens with zero attached hydrogens (tertiary/aromatic N) is 4. The Hall–Kier alpha value is -2.44. The zero-order chi connectivity index (χ0) is 18.4. The van der Waals surface area contributed by atoms with E-state index in [1.54, 1.807) is 19.1 Å². The van der Waals surface area contributed by atoms with Crippen LogP contribution in [0.2, 0.25) is 0 Å². The number of alkyl halides is 2. The molecule has 2 aliphatic rings. The van der Waals surface area contributed by atoms with E-state index in [1.807, 2.05) is 21.5 Å². The highest BCUT2D eigenvalue weighted by Gasteiger charge is 2.30. The minimum Gasteiger partial charge on any atom is -0.338 e. The van der Waals surface area contributed by atoms with Crippen molar-refractivity contribution in [2.75, 3.05) is 18.0 Å². The minimum absolute atomic E-state index is 0.0332. The van der Waals surface area contributed by atoms with Gasteiger partial charge in [0.25, 0.3) is 6.43 Å². The van der Waals surface area contributed by atoms with Gasteiger partial charge in [0.1, 0.15) is 0 Å². The van der Waals surface area contributed by atoms with Crippen LogP contribution >= 0.6 is 0 Å². The van der Waals surface area contributed by atoms with Gasteiger partial charge in [-0.15, -0.1) is 0 Å². The summed E-state index contributed by atoms with van der Waals surface area (Å²) < 4.78 is 28.3. The summed E-state index contributed by atoms with van der Waals surface area (Å²) in [5, 5.41) is 4.70. The molecule has 0 fully saturated rings. The van der Waals surface area contributed by atoms with Gasteiger partial charge in [-0.1, -0.05) is 12.1 Å². The molecule has 3 heterocycles. The van der Waals surface area contributed by atoms with E-state index in [1.165, 1.54) is 6.07 Å². The van der Waals surface area contributed by atoms with Crippen LogP contribution in [0.3, 0.4) is 0 Å². The molecule has 0 radical (unpaired) electrons. The quantitative estimate of drug-likeness (QED) is 0.825. The van der Waals surface area contributed by atoms with E-state index in [2.05, 4.69) is 0 Å². The number of amides is 1. The van der Waals surface area contributed by atoms with Gasteiger partial charge in [0.05, 0.1) is 6.54 Å². The molecule has 0 bridgehead atoms. The number of hydrogen-bond donors (Lipinski definition) is 0. The highest BCUT2D eigenvalue weighted by Crippen LogP contribution is 2.39. The van der Waals surface area contributed by atoms with Crippen LogP contribution in [0.25, 0.3) is 0 Å². The van der Waals surface area contributed by atoms with Gasteiger partial charge < -0.3 is 9.80 Å². The van der Waals surface area contributed by atoms with E-state index in [9.17, 15) is 13.6 Å². The smallest absolute Gasteiger partial charge is 0.263 e. The third-order valence-corrected chi connectivity index (χ3v) is 5.40. The molecule has 2 aliphatic heterocycles. The van der Waals surface area contributed by atoms with E-state index in [0.717, 1.165) is 54.1 Å². The monoisotopic (exact) mass is 360 g/mol. The number of rotatable bonds is 2. The lowest BCUT2D eigenvalue weighted by Crippen LogP contribution is -2.35. The fraction of sp³-hybridized carbons (Fsp3) is 0.474. The van der Waals surface area contributed by atoms with Crippen LogP contribution in [0.4, 0.5) is 20.3 Å². The second-order valence-electron chi connectivity index (χ2n) is 7.01. The van der Waals surface area contributed by atoms with Gasteiger partial charge in [-0.25, -0.2) is 8.78 Å². The Bertz CT molecular complexity index is 861. The molecule has 7 heteroatoms. The standard InChI is InChI=1S/C19H22F2N4O/c1-12(26)24-9-7-16-15(11-24)19(22-23(16)2)25-8-3-4-13-5-6-14(18(20)21)10-17(13)25/h5-6,10,18H,3-4,7-9,11H2,1-2H3. The molecule has 0 saturated carbocycles. The number of fused-ring (bicyclic) bond motifs is 2. The largest absolute Gasteiger partial charge is 0.338 e. The third kappa shape index (κ3) is 2.75. The van der Waals surface area contributed by atoms with Gasteiger partial charge >= 0.3 is 0 Å². The Morgan fingerprint density at radius 2 is 2.04 bits per heavy atom.